The molecule has 0 N–H and O–H groups in total. The minimum Gasteiger partial charge on any atom is -0.456 e. The molecule has 0 spiro atoms. The monoisotopic (exact) mass is 680 g/mol. The average Bonchev–Trinajstić information content (AvgIpc) is 3.82. The molecule has 0 atom stereocenters. The molecule has 5 nitrogen and oxygen atoms in total. The SMILES string of the molecule is CC1(C)c2ccccc2-c2cc3c(cc21)c1ccccc1n3-c1ccc2oc3cccc(-c4nc(-c5ccccc5)nc(-c5ccccc5)n4)c3c2c1. The van der Waals surface area contributed by atoms with E-state index >= 15 is 0 Å². The van der Waals surface area contributed by atoms with Crippen molar-refractivity contribution in [3.63, 3.8) is 0 Å². The van der Waals surface area contributed by atoms with Gasteiger partial charge in [-0.1, -0.05) is 129 Å². The van der Waals surface area contributed by atoms with Crippen molar-refractivity contribution in [2.75, 3.05) is 0 Å². The van der Waals surface area contributed by atoms with Crippen molar-refractivity contribution in [1.82, 2.24) is 19.5 Å². The number of furan rings is 1. The fraction of sp³-hybridized carbons (Fsp3) is 0.0625. The Labute approximate surface area is 305 Å². The first-order chi connectivity index (χ1) is 26.0. The smallest absolute Gasteiger partial charge is 0.164 e. The highest BCUT2D eigenvalue weighted by Gasteiger charge is 2.36. The summed E-state index contributed by atoms with van der Waals surface area (Å²) in [6.45, 7) is 4.69. The van der Waals surface area contributed by atoms with E-state index in [1.807, 2.05) is 72.8 Å². The molecule has 10 aromatic rings. The highest BCUT2D eigenvalue weighted by atomic mass is 16.3. The molecule has 0 saturated carbocycles. The zero-order valence-corrected chi connectivity index (χ0v) is 29.2. The molecular weight excluding hydrogens is 649 g/mol. The van der Waals surface area contributed by atoms with Crippen LogP contribution in [0, 0.1) is 0 Å². The van der Waals surface area contributed by atoms with Crippen molar-refractivity contribution in [1.29, 1.82) is 0 Å². The lowest BCUT2D eigenvalue weighted by Gasteiger charge is -2.21. The molecule has 1 aliphatic carbocycles. The van der Waals surface area contributed by atoms with E-state index in [9.17, 15) is 0 Å². The van der Waals surface area contributed by atoms with E-state index in [0.717, 1.165) is 44.3 Å². The second kappa shape index (κ2) is 11.1. The van der Waals surface area contributed by atoms with Crippen molar-refractivity contribution in [3.8, 4) is 51.0 Å². The molecule has 250 valence electrons. The van der Waals surface area contributed by atoms with E-state index in [4.69, 9.17) is 19.4 Å². The van der Waals surface area contributed by atoms with Crippen molar-refractivity contribution >= 4 is 43.7 Å². The highest BCUT2D eigenvalue weighted by Crippen LogP contribution is 2.51. The maximum absolute atomic E-state index is 6.53. The second-order valence-electron chi connectivity index (χ2n) is 14.4. The largest absolute Gasteiger partial charge is 0.456 e. The molecule has 3 aromatic heterocycles. The van der Waals surface area contributed by atoms with E-state index < -0.39 is 0 Å². The van der Waals surface area contributed by atoms with Crippen LogP contribution in [-0.4, -0.2) is 19.5 Å². The van der Waals surface area contributed by atoms with Crippen LogP contribution in [0.3, 0.4) is 0 Å². The number of nitrogens with zero attached hydrogens (tertiary/aromatic N) is 4. The Morgan fingerprint density at radius 2 is 1.11 bits per heavy atom. The Morgan fingerprint density at radius 3 is 1.89 bits per heavy atom. The lowest BCUT2D eigenvalue weighted by atomic mass is 9.82. The van der Waals surface area contributed by atoms with Gasteiger partial charge in [-0.3, -0.25) is 0 Å². The molecule has 0 bridgehead atoms. The van der Waals surface area contributed by atoms with Gasteiger partial charge >= 0.3 is 0 Å². The summed E-state index contributed by atoms with van der Waals surface area (Å²) in [6, 6.07) is 55.3. The summed E-state index contributed by atoms with van der Waals surface area (Å²) in [6.07, 6.45) is 0. The van der Waals surface area contributed by atoms with E-state index in [0.29, 0.717) is 17.5 Å². The van der Waals surface area contributed by atoms with E-state index in [1.54, 1.807) is 0 Å². The molecule has 0 radical (unpaired) electrons. The van der Waals surface area contributed by atoms with Crippen LogP contribution in [0.1, 0.15) is 25.0 Å². The first-order valence-electron chi connectivity index (χ1n) is 18.0. The van der Waals surface area contributed by atoms with Gasteiger partial charge in [-0.15, -0.1) is 0 Å². The number of benzene rings is 7. The third-order valence-electron chi connectivity index (χ3n) is 11.1. The Morgan fingerprint density at radius 1 is 0.453 bits per heavy atom. The minimum atomic E-state index is -0.0792. The van der Waals surface area contributed by atoms with Crippen LogP contribution in [0.2, 0.25) is 0 Å². The van der Waals surface area contributed by atoms with Crippen LogP contribution in [0.4, 0.5) is 0 Å². The van der Waals surface area contributed by atoms with Gasteiger partial charge in [0, 0.05) is 49.3 Å². The van der Waals surface area contributed by atoms with E-state index in [2.05, 4.69) is 103 Å². The van der Waals surface area contributed by atoms with Gasteiger partial charge in [0.1, 0.15) is 11.2 Å². The van der Waals surface area contributed by atoms with Crippen molar-refractivity contribution in [3.05, 3.63) is 169 Å². The molecule has 3 heterocycles. The Hall–Kier alpha value is -6.85. The third-order valence-corrected chi connectivity index (χ3v) is 11.1. The molecule has 7 aromatic carbocycles. The van der Waals surface area contributed by atoms with Gasteiger partial charge in [0.15, 0.2) is 17.5 Å². The lowest BCUT2D eigenvalue weighted by Crippen LogP contribution is -2.14. The number of hydrogen-bond donors (Lipinski definition) is 0. The molecule has 11 rings (SSSR count). The predicted molar refractivity (Wildman–Crippen MR) is 215 cm³/mol. The minimum absolute atomic E-state index is 0.0792. The Bertz CT molecular complexity index is 3020. The average molecular weight is 681 g/mol. The predicted octanol–water partition coefficient (Wildman–Crippen LogP) is 12.2. The van der Waals surface area contributed by atoms with Gasteiger partial charge in [-0.05, 0) is 64.7 Å². The van der Waals surface area contributed by atoms with Gasteiger partial charge in [-0.2, -0.15) is 0 Å². The lowest BCUT2D eigenvalue weighted by molar-refractivity contribution is 0.661. The quantitative estimate of drug-likeness (QED) is 0.186. The topological polar surface area (TPSA) is 56.7 Å². The number of fused-ring (bicyclic) bond motifs is 9. The standard InChI is InChI=1S/C48H32N4O/c1-48(2)38-21-11-9-18-32(38)35-28-41-36(27-39(35)48)33-19-10-12-22-40(33)52(41)31-24-25-42-37(26-31)44-34(20-13-23-43(44)53-42)47-50-45(29-14-5-3-6-15-29)49-46(51-47)30-16-7-4-8-17-30/h3-28H,1-2H3. The van der Waals surface area contributed by atoms with Gasteiger partial charge in [0.2, 0.25) is 0 Å². The van der Waals surface area contributed by atoms with E-state index in [-0.39, 0.29) is 5.41 Å². The molecule has 0 amide bonds. The van der Waals surface area contributed by atoms with Crippen molar-refractivity contribution in [2.45, 2.75) is 19.3 Å². The van der Waals surface area contributed by atoms with Crippen LogP contribution in [0.25, 0.3) is 94.7 Å². The van der Waals surface area contributed by atoms with Crippen LogP contribution in [0.15, 0.2) is 162 Å². The Balaban J connectivity index is 1.16. The Kier molecular flexibility index (Phi) is 6.23. The normalized spacial score (nSPS) is 13.2. The first kappa shape index (κ1) is 29.8. The number of para-hydroxylation sites is 1. The summed E-state index contributed by atoms with van der Waals surface area (Å²) < 4.78 is 8.94. The van der Waals surface area contributed by atoms with Crippen LogP contribution in [-0.2, 0) is 5.41 Å². The maximum Gasteiger partial charge on any atom is 0.164 e. The zero-order valence-electron chi connectivity index (χ0n) is 29.2. The third kappa shape index (κ3) is 4.40. The molecule has 0 saturated heterocycles. The molecule has 1 aliphatic rings. The molecular formula is C48H32N4O. The van der Waals surface area contributed by atoms with Gasteiger partial charge in [-0.25, -0.2) is 15.0 Å². The summed E-state index contributed by atoms with van der Waals surface area (Å²) >= 11 is 0. The molecule has 0 aliphatic heterocycles. The highest BCUT2D eigenvalue weighted by molar-refractivity contribution is 6.14. The number of hydrogen-bond acceptors (Lipinski definition) is 4. The summed E-state index contributed by atoms with van der Waals surface area (Å²) in [7, 11) is 0. The maximum atomic E-state index is 6.53. The van der Waals surface area contributed by atoms with E-state index in [1.165, 1.54) is 44.1 Å². The summed E-state index contributed by atoms with van der Waals surface area (Å²) in [5.74, 6) is 1.86. The van der Waals surface area contributed by atoms with Crippen LogP contribution < -0.4 is 0 Å². The van der Waals surface area contributed by atoms with Gasteiger partial charge in [0.25, 0.3) is 0 Å². The summed E-state index contributed by atoms with van der Waals surface area (Å²) in [5.41, 5.74) is 13.1. The zero-order chi connectivity index (χ0) is 35.3. The molecule has 0 fully saturated rings. The number of rotatable bonds is 4. The second-order valence-corrected chi connectivity index (χ2v) is 14.4. The molecule has 0 unspecified atom stereocenters. The molecule has 5 heteroatoms. The molecule has 53 heavy (non-hydrogen) atoms. The van der Waals surface area contributed by atoms with Gasteiger partial charge in [0.05, 0.1) is 11.0 Å². The van der Waals surface area contributed by atoms with Crippen LogP contribution in [0.5, 0.6) is 0 Å². The summed E-state index contributed by atoms with van der Waals surface area (Å²) in [5, 5.41) is 4.48. The first-order valence-corrected chi connectivity index (χ1v) is 18.0. The fourth-order valence-corrected chi connectivity index (χ4v) is 8.51. The van der Waals surface area contributed by atoms with Crippen molar-refractivity contribution < 1.29 is 4.42 Å². The van der Waals surface area contributed by atoms with Crippen LogP contribution >= 0.6 is 0 Å². The summed E-state index contributed by atoms with van der Waals surface area (Å²) in [4.78, 5) is 15.1. The fourth-order valence-electron chi connectivity index (χ4n) is 8.51. The van der Waals surface area contributed by atoms with Gasteiger partial charge < -0.3 is 8.98 Å². The number of aromatic nitrogens is 4. The van der Waals surface area contributed by atoms with Crippen molar-refractivity contribution in [2.24, 2.45) is 0 Å².